The molecule has 2 aliphatic rings. The normalized spacial score (nSPS) is 25.3. The van der Waals surface area contributed by atoms with Crippen molar-refractivity contribution >= 4 is 44.7 Å². The van der Waals surface area contributed by atoms with Crippen molar-refractivity contribution in [1.82, 2.24) is 15.8 Å². The molecule has 0 atom stereocenters. The first-order chi connectivity index (χ1) is 12.8. The number of nitrogens with one attached hydrogen (secondary N) is 2. The van der Waals surface area contributed by atoms with Crippen molar-refractivity contribution in [3.8, 4) is 0 Å². The molecule has 1 spiro atoms. The van der Waals surface area contributed by atoms with E-state index >= 15 is 0 Å². The number of rotatable bonds is 2. The second kappa shape index (κ2) is 6.37. The molecule has 142 valence electrons. The number of aryl methyl sites for hydroxylation is 1. The van der Waals surface area contributed by atoms with Gasteiger partial charge in [-0.2, -0.15) is 5.01 Å². The zero-order chi connectivity index (χ0) is 19.3. The van der Waals surface area contributed by atoms with Crippen LogP contribution in [0.2, 0.25) is 0 Å². The SMILES string of the molecule is Cc1c(C(=O)NN2C(=O)NC3(CCC(C)CC3)C2=O)oc2ccc(Br)cc12. The lowest BCUT2D eigenvalue weighted by molar-refractivity contribution is -0.134. The summed E-state index contributed by atoms with van der Waals surface area (Å²) in [6, 6.07) is 4.84. The van der Waals surface area contributed by atoms with Crippen LogP contribution >= 0.6 is 15.9 Å². The predicted molar refractivity (Wildman–Crippen MR) is 102 cm³/mol. The van der Waals surface area contributed by atoms with Crippen LogP contribution in [0.4, 0.5) is 4.79 Å². The van der Waals surface area contributed by atoms with E-state index in [9.17, 15) is 14.4 Å². The van der Waals surface area contributed by atoms with Crippen LogP contribution < -0.4 is 10.7 Å². The van der Waals surface area contributed by atoms with Crippen LogP contribution in [0.1, 0.15) is 48.7 Å². The second-order valence-electron chi connectivity index (χ2n) is 7.47. The average Bonchev–Trinajstić information content (AvgIpc) is 3.07. The fourth-order valence-corrected chi connectivity index (χ4v) is 4.24. The number of urea groups is 1. The number of carbonyl (C=O) groups excluding carboxylic acids is 3. The predicted octanol–water partition coefficient (Wildman–Crippen LogP) is 3.65. The third kappa shape index (κ3) is 2.92. The molecule has 27 heavy (non-hydrogen) atoms. The standard InChI is InChI=1S/C19H20BrN3O4/c1-10-5-7-19(8-6-10)17(25)23(18(26)21-19)22-16(24)15-11(2)13-9-12(20)3-4-14(13)27-15/h3-4,9-10H,5-8H2,1-2H3,(H,21,26)(H,22,24). The van der Waals surface area contributed by atoms with Crippen LogP contribution in [0.3, 0.4) is 0 Å². The average molecular weight is 434 g/mol. The van der Waals surface area contributed by atoms with Crippen LogP contribution in [0.5, 0.6) is 0 Å². The van der Waals surface area contributed by atoms with Crippen molar-refractivity contribution in [3.63, 3.8) is 0 Å². The van der Waals surface area contributed by atoms with Gasteiger partial charge in [0.15, 0.2) is 5.76 Å². The van der Waals surface area contributed by atoms with Crippen molar-refractivity contribution in [1.29, 1.82) is 0 Å². The van der Waals surface area contributed by atoms with Gasteiger partial charge in [0.05, 0.1) is 0 Å². The molecule has 2 heterocycles. The molecule has 2 N–H and O–H groups in total. The van der Waals surface area contributed by atoms with Gasteiger partial charge in [-0.25, -0.2) is 10.2 Å². The van der Waals surface area contributed by atoms with E-state index in [1.165, 1.54) is 0 Å². The van der Waals surface area contributed by atoms with Crippen LogP contribution in [0.15, 0.2) is 27.1 Å². The molecule has 1 aliphatic carbocycles. The molecule has 4 rings (SSSR count). The molecule has 1 saturated carbocycles. The van der Waals surface area contributed by atoms with E-state index in [4.69, 9.17) is 4.42 Å². The first-order valence-electron chi connectivity index (χ1n) is 8.97. The number of hydrazine groups is 1. The lowest BCUT2D eigenvalue weighted by atomic mass is 9.77. The highest BCUT2D eigenvalue weighted by Crippen LogP contribution is 2.36. The topological polar surface area (TPSA) is 91.7 Å². The molecule has 8 heteroatoms. The maximum atomic E-state index is 12.9. The van der Waals surface area contributed by atoms with Gasteiger partial charge in [-0.1, -0.05) is 22.9 Å². The minimum Gasteiger partial charge on any atom is -0.451 e. The molecule has 2 aromatic rings. The molecule has 1 aromatic heterocycles. The summed E-state index contributed by atoms with van der Waals surface area (Å²) >= 11 is 3.40. The van der Waals surface area contributed by atoms with E-state index in [1.807, 2.05) is 12.1 Å². The number of fused-ring (bicyclic) bond motifs is 1. The summed E-state index contributed by atoms with van der Waals surface area (Å²) in [5.74, 6) is -0.405. The highest BCUT2D eigenvalue weighted by atomic mass is 79.9. The highest BCUT2D eigenvalue weighted by molar-refractivity contribution is 9.10. The molecule has 2 fully saturated rings. The molecule has 0 bridgehead atoms. The number of halogens is 1. The van der Waals surface area contributed by atoms with Crippen molar-refractivity contribution in [2.45, 2.75) is 45.1 Å². The fraction of sp³-hybridized carbons (Fsp3) is 0.421. The summed E-state index contributed by atoms with van der Waals surface area (Å²) in [5.41, 5.74) is 2.74. The monoisotopic (exact) mass is 433 g/mol. The van der Waals surface area contributed by atoms with Crippen molar-refractivity contribution in [3.05, 3.63) is 34.0 Å². The number of nitrogens with zero attached hydrogens (tertiary/aromatic N) is 1. The van der Waals surface area contributed by atoms with Gasteiger partial charge in [0.25, 0.3) is 5.91 Å². The molecule has 4 amide bonds. The second-order valence-corrected chi connectivity index (χ2v) is 8.39. The van der Waals surface area contributed by atoms with Gasteiger partial charge in [-0.05, 0) is 56.7 Å². The largest absolute Gasteiger partial charge is 0.451 e. The van der Waals surface area contributed by atoms with Crippen molar-refractivity contribution in [2.75, 3.05) is 0 Å². The van der Waals surface area contributed by atoms with Crippen LogP contribution in [0.25, 0.3) is 11.0 Å². The van der Waals surface area contributed by atoms with E-state index in [2.05, 4.69) is 33.6 Å². The highest BCUT2D eigenvalue weighted by Gasteiger charge is 2.53. The Kier molecular flexibility index (Phi) is 4.25. The number of hydrogen-bond donors (Lipinski definition) is 2. The van der Waals surface area contributed by atoms with E-state index in [0.29, 0.717) is 29.9 Å². The van der Waals surface area contributed by atoms with Gasteiger partial charge in [-0.15, -0.1) is 0 Å². The molecule has 1 aromatic carbocycles. The molecule has 1 saturated heterocycles. The maximum absolute atomic E-state index is 12.9. The summed E-state index contributed by atoms with van der Waals surface area (Å²) in [6.45, 7) is 3.90. The quantitative estimate of drug-likeness (QED) is 0.706. The maximum Gasteiger partial charge on any atom is 0.344 e. The van der Waals surface area contributed by atoms with E-state index in [1.54, 1.807) is 13.0 Å². The smallest absolute Gasteiger partial charge is 0.344 e. The third-order valence-corrected chi connectivity index (χ3v) is 6.10. The third-order valence-electron chi connectivity index (χ3n) is 5.61. The molecule has 1 aliphatic heterocycles. The van der Waals surface area contributed by atoms with Gasteiger partial charge in [0.2, 0.25) is 0 Å². The van der Waals surface area contributed by atoms with Gasteiger partial charge in [0.1, 0.15) is 11.1 Å². The first-order valence-corrected chi connectivity index (χ1v) is 9.76. The van der Waals surface area contributed by atoms with Gasteiger partial charge in [0, 0.05) is 15.4 Å². The van der Waals surface area contributed by atoms with Gasteiger partial charge in [-0.3, -0.25) is 9.59 Å². The zero-order valence-corrected chi connectivity index (χ0v) is 16.7. The number of imide groups is 1. The Morgan fingerprint density at radius 1 is 1.33 bits per heavy atom. The van der Waals surface area contributed by atoms with Gasteiger partial charge >= 0.3 is 11.9 Å². The lowest BCUT2D eigenvalue weighted by Gasteiger charge is -2.33. The van der Waals surface area contributed by atoms with E-state index in [-0.39, 0.29) is 5.76 Å². The minimum absolute atomic E-state index is 0.0851. The molecule has 7 nitrogen and oxygen atoms in total. The zero-order valence-electron chi connectivity index (χ0n) is 15.1. The number of carbonyl (C=O) groups is 3. The van der Waals surface area contributed by atoms with Gasteiger partial charge < -0.3 is 9.73 Å². The van der Waals surface area contributed by atoms with Crippen LogP contribution in [-0.4, -0.2) is 28.4 Å². The molecular formula is C19H20BrN3O4. The molecular weight excluding hydrogens is 414 g/mol. The molecule has 0 unspecified atom stereocenters. The minimum atomic E-state index is -0.898. The Morgan fingerprint density at radius 3 is 2.74 bits per heavy atom. The first kappa shape index (κ1) is 18.0. The Morgan fingerprint density at radius 2 is 2.04 bits per heavy atom. The summed E-state index contributed by atoms with van der Waals surface area (Å²) in [7, 11) is 0. The lowest BCUT2D eigenvalue weighted by Crippen LogP contribution is -2.51. The summed E-state index contributed by atoms with van der Waals surface area (Å²) in [5, 5.41) is 4.37. The van der Waals surface area contributed by atoms with E-state index in [0.717, 1.165) is 27.7 Å². The van der Waals surface area contributed by atoms with Crippen LogP contribution in [0, 0.1) is 12.8 Å². The number of furan rings is 1. The van der Waals surface area contributed by atoms with Crippen molar-refractivity contribution < 1.29 is 18.8 Å². The fourth-order valence-electron chi connectivity index (χ4n) is 3.88. The van der Waals surface area contributed by atoms with Crippen LogP contribution in [-0.2, 0) is 4.79 Å². The molecule has 0 radical (unpaired) electrons. The van der Waals surface area contributed by atoms with E-state index < -0.39 is 23.4 Å². The number of amides is 4. The Bertz CT molecular complexity index is 959. The Labute approximate surface area is 164 Å². The summed E-state index contributed by atoms with van der Waals surface area (Å²) < 4.78 is 6.51. The number of hydrogen-bond acceptors (Lipinski definition) is 4. The Hall–Kier alpha value is -2.35. The summed E-state index contributed by atoms with van der Waals surface area (Å²) in [4.78, 5) is 37.9. The number of benzene rings is 1. The van der Waals surface area contributed by atoms with Crippen molar-refractivity contribution in [2.24, 2.45) is 5.92 Å². The summed E-state index contributed by atoms with van der Waals surface area (Å²) in [6.07, 6.45) is 2.91. The Balaban J connectivity index is 1.57.